The maximum atomic E-state index is 13.8. The molecule has 1 aromatic heterocycles. The Kier molecular flexibility index (Phi) is 6.55. The smallest absolute Gasteiger partial charge is 0.387 e. The van der Waals surface area contributed by atoms with E-state index < -0.39 is 29.1 Å². The maximum absolute atomic E-state index is 13.8. The molecule has 3 saturated carbocycles. The SMILES string of the molecule is C[C@@H]1CC2C3CCC4=CC(=O)C=CC4(C)C3[C@@H](O)CC2(C)[C@@]1(O)C(=O)CSc1nc2ccc(OC(F)F)cc2[nH]1. The van der Waals surface area contributed by atoms with Crippen molar-refractivity contribution in [3.05, 3.63) is 42.0 Å². The molecule has 1 heterocycles. The van der Waals surface area contributed by atoms with E-state index in [4.69, 9.17) is 0 Å². The molecule has 3 N–H and O–H groups in total. The topological polar surface area (TPSA) is 113 Å². The number of hydrogen-bond donors (Lipinski definition) is 3. The highest BCUT2D eigenvalue weighted by molar-refractivity contribution is 7.99. The van der Waals surface area contributed by atoms with E-state index in [2.05, 4.69) is 21.6 Å². The number of nitrogens with one attached hydrogen (secondary N) is 1. The molecule has 6 rings (SSSR count). The van der Waals surface area contributed by atoms with Gasteiger partial charge in [0.15, 0.2) is 16.7 Å². The molecule has 0 amide bonds. The number of fused-ring (bicyclic) bond motifs is 6. The molecule has 40 heavy (non-hydrogen) atoms. The van der Waals surface area contributed by atoms with Crippen molar-refractivity contribution in [2.24, 2.45) is 34.5 Å². The minimum Gasteiger partial charge on any atom is -0.435 e. The third-order valence-corrected chi connectivity index (χ3v) is 11.4. The summed E-state index contributed by atoms with van der Waals surface area (Å²) in [6, 6.07) is 4.41. The van der Waals surface area contributed by atoms with E-state index in [1.165, 1.54) is 12.1 Å². The fourth-order valence-electron chi connectivity index (χ4n) is 8.71. The van der Waals surface area contributed by atoms with Gasteiger partial charge in [-0.05, 0) is 67.7 Å². The van der Waals surface area contributed by atoms with E-state index >= 15 is 0 Å². The Bertz CT molecular complexity index is 1440. The highest BCUT2D eigenvalue weighted by Crippen LogP contribution is 2.68. The molecule has 8 atom stereocenters. The molecule has 0 saturated heterocycles. The van der Waals surface area contributed by atoms with Gasteiger partial charge in [0.05, 0.1) is 22.9 Å². The fourth-order valence-corrected chi connectivity index (χ4v) is 9.54. The number of Topliss-reactive ketones (excluding diaryl/α,β-unsaturated/α-hetero) is 1. The standard InChI is InChI=1S/C30H34F2N2O5S/c1-15-10-20-19-6-4-16-11-17(35)8-9-28(16,2)25(19)23(36)13-29(20,3)30(15,38)24(37)14-40-27-33-21-7-5-18(39-26(31)32)12-22(21)34-27/h5,7-9,11-12,15,19-20,23,25-26,36,38H,4,6,10,13-14H2,1-3H3,(H,33,34)/t15-,19?,20?,23+,25?,28?,29?,30+/m1/s1. The number of allylic oxidation sites excluding steroid dienone is 4. The molecule has 0 bridgehead atoms. The summed E-state index contributed by atoms with van der Waals surface area (Å²) in [4.78, 5) is 33.4. The normalized spacial score (nSPS) is 38.6. The minimum absolute atomic E-state index is 0.00972. The van der Waals surface area contributed by atoms with Gasteiger partial charge in [0.25, 0.3) is 0 Å². The number of imidazole rings is 1. The van der Waals surface area contributed by atoms with E-state index in [9.17, 15) is 28.6 Å². The molecule has 3 fully saturated rings. The number of hydrogen-bond acceptors (Lipinski definition) is 7. The molecule has 5 unspecified atom stereocenters. The first-order valence-corrected chi connectivity index (χ1v) is 14.8. The van der Waals surface area contributed by atoms with Crippen LogP contribution in [-0.4, -0.2) is 55.8 Å². The van der Waals surface area contributed by atoms with Crippen molar-refractivity contribution in [2.45, 2.75) is 69.9 Å². The molecular formula is C30H34F2N2O5S. The van der Waals surface area contributed by atoms with Gasteiger partial charge in [0.2, 0.25) is 0 Å². The number of alkyl halides is 2. The van der Waals surface area contributed by atoms with Crippen molar-refractivity contribution in [3.8, 4) is 5.75 Å². The van der Waals surface area contributed by atoms with Crippen LogP contribution >= 0.6 is 11.8 Å². The van der Waals surface area contributed by atoms with Crippen molar-refractivity contribution in [3.63, 3.8) is 0 Å². The number of ether oxygens (including phenoxy) is 1. The minimum atomic E-state index is -2.93. The Morgan fingerprint density at radius 2 is 2.10 bits per heavy atom. The van der Waals surface area contributed by atoms with Crippen LogP contribution in [0.4, 0.5) is 8.78 Å². The molecule has 4 aliphatic rings. The second-order valence-electron chi connectivity index (χ2n) is 12.4. The summed E-state index contributed by atoms with van der Waals surface area (Å²) in [6.45, 7) is 3.06. The van der Waals surface area contributed by atoms with Crippen LogP contribution < -0.4 is 4.74 Å². The van der Waals surface area contributed by atoms with Crippen LogP contribution in [0, 0.1) is 34.5 Å². The third kappa shape index (κ3) is 4.01. The van der Waals surface area contributed by atoms with Crippen molar-refractivity contribution in [1.82, 2.24) is 9.97 Å². The van der Waals surface area contributed by atoms with E-state index in [-0.39, 0.29) is 46.7 Å². The lowest BCUT2D eigenvalue weighted by Crippen LogP contribution is -2.62. The van der Waals surface area contributed by atoms with Crippen molar-refractivity contribution < 1.29 is 33.3 Å². The number of H-pyrrole nitrogens is 1. The van der Waals surface area contributed by atoms with Crippen LogP contribution in [0.15, 0.2) is 47.2 Å². The lowest BCUT2D eigenvalue weighted by Gasteiger charge is -2.59. The maximum Gasteiger partial charge on any atom is 0.387 e. The fraction of sp³-hybridized carbons (Fsp3) is 0.567. The Morgan fingerprint density at radius 3 is 2.85 bits per heavy atom. The summed E-state index contributed by atoms with van der Waals surface area (Å²) >= 11 is 1.16. The summed E-state index contributed by atoms with van der Waals surface area (Å²) in [7, 11) is 0. The second kappa shape index (κ2) is 9.49. The number of aromatic nitrogens is 2. The molecule has 10 heteroatoms. The first-order chi connectivity index (χ1) is 18.9. The third-order valence-electron chi connectivity index (χ3n) is 10.5. The van der Waals surface area contributed by atoms with Crippen molar-refractivity contribution >= 4 is 34.4 Å². The number of carbonyl (C=O) groups is 2. The molecule has 0 spiro atoms. The molecule has 1 aromatic carbocycles. The van der Waals surface area contributed by atoms with Crippen molar-refractivity contribution in [1.29, 1.82) is 0 Å². The summed E-state index contributed by atoms with van der Waals surface area (Å²) in [5.41, 5.74) is -0.704. The van der Waals surface area contributed by atoms with Gasteiger partial charge < -0.3 is 19.9 Å². The summed E-state index contributed by atoms with van der Waals surface area (Å²) < 4.78 is 29.6. The number of aromatic amines is 1. The van der Waals surface area contributed by atoms with E-state index in [1.807, 2.05) is 19.9 Å². The van der Waals surface area contributed by atoms with E-state index in [1.54, 1.807) is 18.2 Å². The molecule has 2 aromatic rings. The quantitative estimate of drug-likeness (QED) is 0.414. The largest absolute Gasteiger partial charge is 0.435 e. The summed E-state index contributed by atoms with van der Waals surface area (Å²) in [6.07, 6.45) is 7.11. The lowest BCUT2D eigenvalue weighted by molar-refractivity contribution is -0.179. The zero-order chi connectivity index (χ0) is 28.6. The Morgan fingerprint density at radius 1 is 1.32 bits per heavy atom. The first-order valence-electron chi connectivity index (χ1n) is 13.8. The van der Waals surface area contributed by atoms with Crippen LogP contribution in [0.1, 0.15) is 46.5 Å². The molecule has 7 nitrogen and oxygen atoms in total. The van der Waals surface area contributed by atoms with Gasteiger partial charge in [-0.3, -0.25) is 9.59 Å². The molecule has 0 radical (unpaired) electrons. The monoisotopic (exact) mass is 572 g/mol. The number of benzene rings is 1. The van der Waals surface area contributed by atoms with Gasteiger partial charge in [-0.2, -0.15) is 8.78 Å². The number of rotatable bonds is 6. The molecule has 214 valence electrons. The van der Waals surface area contributed by atoms with Crippen LogP contribution in [0.25, 0.3) is 11.0 Å². The van der Waals surface area contributed by atoms with Crippen LogP contribution in [0.5, 0.6) is 5.75 Å². The highest BCUT2D eigenvalue weighted by Gasteiger charge is 2.70. The van der Waals surface area contributed by atoms with E-state index in [0.717, 1.165) is 30.2 Å². The Balaban J connectivity index is 1.23. The number of halogens is 2. The average molecular weight is 573 g/mol. The second-order valence-corrected chi connectivity index (χ2v) is 13.4. The number of ketones is 2. The van der Waals surface area contributed by atoms with Gasteiger partial charge >= 0.3 is 6.61 Å². The zero-order valence-corrected chi connectivity index (χ0v) is 23.5. The van der Waals surface area contributed by atoms with Crippen LogP contribution in [-0.2, 0) is 9.59 Å². The lowest BCUT2D eigenvalue weighted by atomic mass is 9.46. The Labute approximate surface area is 235 Å². The van der Waals surface area contributed by atoms with Gasteiger partial charge in [-0.25, -0.2) is 4.98 Å². The van der Waals surface area contributed by atoms with Crippen molar-refractivity contribution in [2.75, 3.05) is 5.75 Å². The predicted molar refractivity (Wildman–Crippen MR) is 146 cm³/mol. The van der Waals surface area contributed by atoms with Crippen LogP contribution in [0.2, 0.25) is 0 Å². The number of carbonyl (C=O) groups excluding carboxylic acids is 2. The number of thioether (sulfide) groups is 1. The van der Waals surface area contributed by atoms with Gasteiger partial charge in [-0.1, -0.05) is 44.2 Å². The molecule has 0 aliphatic heterocycles. The molecular weight excluding hydrogens is 538 g/mol. The van der Waals surface area contributed by atoms with E-state index in [0.29, 0.717) is 29.0 Å². The Hall–Kier alpha value is -2.56. The average Bonchev–Trinajstić information content (AvgIpc) is 3.38. The number of aliphatic hydroxyl groups excluding tert-OH is 1. The number of aliphatic hydroxyl groups is 2. The van der Waals surface area contributed by atoms with Gasteiger partial charge in [-0.15, -0.1) is 0 Å². The summed E-state index contributed by atoms with van der Waals surface area (Å²) in [5.74, 6) is -0.529. The molecule has 4 aliphatic carbocycles. The van der Waals surface area contributed by atoms with Crippen LogP contribution in [0.3, 0.4) is 0 Å². The van der Waals surface area contributed by atoms with Gasteiger partial charge in [0, 0.05) is 22.8 Å². The zero-order valence-electron chi connectivity index (χ0n) is 22.7. The number of nitrogens with zero attached hydrogens (tertiary/aromatic N) is 1. The predicted octanol–water partition coefficient (Wildman–Crippen LogP) is 5.08. The van der Waals surface area contributed by atoms with Gasteiger partial charge in [0.1, 0.15) is 11.4 Å². The summed E-state index contributed by atoms with van der Waals surface area (Å²) in [5, 5.41) is 24.2. The first kappa shape index (κ1) is 27.6. The highest BCUT2D eigenvalue weighted by atomic mass is 32.2.